The van der Waals surface area contributed by atoms with Gasteiger partial charge in [0.25, 0.3) is 0 Å². The standard InChI is InChI=1S/C22H17F3N2O2/c1-29-21(28)19-17(13-5-3-2-4-6-13)18(19)14-7-9-15(10-8-14)20-26-11-16(12-27-20)22(23,24)25/h2-12,17-19H,1H3/t17-,18-,19-/m1/s1. The SMILES string of the molecule is COC(=O)[C@@H]1[C@H](c2ccccc2)[C@H]1c1ccc(-c2ncc(C(F)(F)F)cn2)cc1. The van der Waals surface area contributed by atoms with Crippen LogP contribution < -0.4 is 0 Å². The lowest BCUT2D eigenvalue weighted by molar-refractivity contribution is -0.142. The van der Waals surface area contributed by atoms with Crippen LogP contribution in [0.1, 0.15) is 28.5 Å². The van der Waals surface area contributed by atoms with Crippen LogP contribution in [0.15, 0.2) is 67.0 Å². The Kier molecular flexibility index (Phi) is 4.82. The van der Waals surface area contributed by atoms with Crippen molar-refractivity contribution in [1.82, 2.24) is 9.97 Å². The van der Waals surface area contributed by atoms with Crippen molar-refractivity contribution in [3.63, 3.8) is 0 Å². The Balaban J connectivity index is 1.58. The van der Waals surface area contributed by atoms with Gasteiger partial charge < -0.3 is 4.74 Å². The number of rotatable bonds is 4. The normalized spacial score (nSPS) is 20.9. The van der Waals surface area contributed by atoms with Crippen molar-refractivity contribution in [2.45, 2.75) is 18.0 Å². The van der Waals surface area contributed by atoms with Crippen LogP contribution in [0, 0.1) is 5.92 Å². The number of hydrogen-bond acceptors (Lipinski definition) is 4. The summed E-state index contributed by atoms with van der Waals surface area (Å²) in [6, 6.07) is 17.0. The van der Waals surface area contributed by atoms with Crippen molar-refractivity contribution < 1.29 is 22.7 Å². The number of aromatic nitrogens is 2. The number of methoxy groups -OCH3 is 1. The lowest BCUT2D eigenvalue weighted by Gasteiger charge is -2.07. The number of esters is 1. The highest BCUT2D eigenvalue weighted by Crippen LogP contribution is 2.60. The predicted molar refractivity (Wildman–Crippen MR) is 99.9 cm³/mol. The van der Waals surface area contributed by atoms with Crippen molar-refractivity contribution in [3.8, 4) is 11.4 Å². The third-order valence-electron chi connectivity index (χ3n) is 5.21. The first kappa shape index (κ1) is 19.1. The third kappa shape index (κ3) is 3.72. The number of carbonyl (C=O) groups excluding carboxylic acids is 1. The molecule has 0 N–H and O–H groups in total. The molecule has 148 valence electrons. The molecule has 1 fully saturated rings. The molecule has 1 aromatic heterocycles. The topological polar surface area (TPSA) is 52.1 Å². The lowest BCUT2D eigenvalue weighted by atomic mass is 10.0. The second-order valence-electron chi connectivity index (χ2n) is 6.93. The molecule has 1 aliphatic rings. The maximum Gasteiger partial charge on any atom is 0.419 e. The van der Waals surface area contributed by atoms with Gasteiger partial charge in [0.2, 0.25) is 0 Å². The summed E-state index contributed by atoms with van der Waals surface area (Å²) in [7, 11) is 1.38. The van der Waals surface area contributed by atoms with E-state index in [0.29, 0.717) is 5.56 Å². The zero-order valence-corrected chi connectivity index (χ0v) is 15.4. The van der Waals surface area contributed by atoms with E-state index < -0.39 is 11.7 Å². The smallest absolute Gasteiger partial charge is 0.419 e. The van der Waals surface area contributed by atoms with Crippen LogP contribution >= 0.6 is 0 Å². The highest BCUT2D eigenvalue weighted by Gasteiger charge is 2.56. The lowest BCUT2D eigenvalue weighted by Crippen LogP contribution is -2.06. The molecule has 3 aromatic rings. The summed E-state index contributed by atoms with van der Waals surface area (Å²) in [6.45, 7) is 0. The van der Waals surface area contributed by atoms with Gasteiger partial charge >= 0.3 is 12.1 Å². The largest absolute Gasteiger partial charge is 0.469 e. The molecule has 2 aromatic carbocycles. The second-order valence-corrected chi connectivity index (χ2v) is 6.93. The first-order valence-electron chi connectivity index (χ1n) is 9.02. The first-order valence-corrected chi connectivity index (χ1v) is 9.02. The number of nitrogens with zero attached hydrogens (tertiary/aromatic N) is 2. The third-order valence-corrected chi connectivity index (χ3v) is 5.21. The summed E-state index contributed by atoms with van der Waals surface area (Å²) in [6.07, 6.45) is -2.92. The fraction of sp³-hybridized carbons (Fsp3) is 0.227. The van der Waals surface area contributed by atoms with Crippen LogP contribution in [-0.2, 0) is 15.7 Å². The van der Waals surface area contributed by atoms with Crippen LogP contribution in [0.25, 0.3) is 11.4 Å². The second kappa shape index (κ2) is 7.31. The Bertz CT molecular complexity index is 1000. The van der Waals surface area contributed by atoms with Gasteiger partial charge in [-0.2, -0.15) is 13.2 Å². The monoisotopic (exact) mass is 398 g/mol. The van der Waals surface area contributed by atoms with E-state index in [4.69, 9.17) is 4.74 Å². The minimum Gasteiger partial charge on any atom is -0.469 e. The summed E-state index contributed by atoms with van der Waals surface area (Å²) in [5.41, 5.74) is 1.75. The molecule has 29 heavy (non-hydrogen) atoms. The summed E-state index contributed by atoms with van der Waals surface area (Å²) >= 11 is 0. The zero-order valence-electron chi connectivity index (χ0n) is 15.4. The van der Waals surface area contributed by atoms with Crippen molar-refractivity contribution in [3.05, 3.63) is 83.7 Å². The van der Waals surface area contributed by atoms with Gasteiger partial charge in [-0.05, 0) is 11.1 Å². The molecule has 0 radical (unpaired) electrons. The minimum absolute atomic E-state index is 0.00702. The summed E-state index contributed by atoms with van der Waals surface area (Å²) < 4.78 is 42.9. The van der Waals surface area contributed by atoms with Crippen molar-refractivity contribution in [2.24, 2.45) is 5.92 Å². The molecule has 0 unspecified atom stereocenters. The molecular weight excluding hydrogens is 381 g/mol. The number of benzene rings is 2. The van der Waals surface area contributed by atoms with Crippen molar-refractivity contribution >= 4 is 5.97 Å². The molecule has 4 rings (SSSR count). The van der Waals surface area contributed by atoms with Crippen LogP contribution in [0.3, 0.4) is 0 Å². The van der Waals surface area contributed by atoms with Gasteiger partial charge in [0.15, 0.2) is 5.82 Å². The highest BCUT2D eigenvalue weighted by molar-refractivity contribution is 5.80. The molecular formula is C22H17F3N2O2. The van der Waals surface area contributed by atoms with Gasteiger partial charge in [0, 0.05) is 29.8 Å². The Labute approximate surface area is 165 Å². The fourth-order valence-electron chi connectivity index (χ4n) is 3.72. The van der Waals surface area contributed by atoms with Crippen LogP contribution in [0.2, 0.25) is 0 Å². The van der Waals surface area contributed by atoms with E-state index in [2.05, 4.69) is 9.97 Å². The molecule has 0 amide bonds. The Hall–Kier alpha value is -3.22. The van der Waals surface area contributed by atoms with Gasteiger partial charge in [0.05, 0.1) is 18.6 Å². The molecule has 0 aliphatic heterocycles. The fourth-order valence-corrected chi connectivity index (χ4v) is 3.72. The van der Waals surface area contributed by atoms with Gasteiger partial charge in [-0.3, -0.25) is 4.79 Å². The van der Waals surface area contributed by atoms with E-state index >= 15 is 0 Å². The summed E-state index contributed by atoms with van der Waals surface area (Å²) in [4.78, 5) is 19.8. The molecule has 3 atom stereocenters. The van der Waals surface area contributed by atoms with E-state index in [1.807, 2.05) is 42.5 Å². The van der Waals surface area contributed by atoms with Crippen LogP contribution in [-0.4, -0.2) is 23.0 Å². The van der Waals surface area contributed by atoms with Crippen molar-refractivity contribution in [1.29, 1.82) is 0 Å². The number of ether oxygens (including phenoxy) is 1. The van der Waals surface area contributed by atoms with Crippen LogP contribution in [0.4, 0.5) is 13.2 Å². The van der Waals surface area contributed by atoms with E-state index in [0.717, 1.165) is 23.5 Å². The average Bonchev–Trinajstić information content (AvgIpc) is 3.49. The first-order chi connectivity index (χ1) is 13.9. The quantitative estimate of drug-likeness (QED) is 0.591. The van der Waals surface area contributed by atoms with Gasteiger partial charge in [0.1, 0.15) is 0 Å². The molecule has 7 heteroatoms. The number of alkyl halides is 3. The van der Waals surface area contributed by atoms with Gasteiger partial charge in [-0.15, -0.1) is 0 Å². The summed E-state index contributed by atoms with van der Waals surface area (Å²) in [5, 5.41) is 0. The van der Waals surface area contributed by atoms with E-state index in [9.17, 15) is 18.0 Å². The Morgan fingerprint density at radius 1 is 0.897 bits per heavy atom. The molecule has 0 bridgehead atoms. The predicted octanol–water partition coefficient (Wildman–Crippen LogP) is 4.83. The van der Waals surface area contributed by atoms with Crippen molar-refractivity contribution in [2.75, 3.05) is 7.11 Å². The van der Waals surface area contributed by atoms with E-state index in [1.54, 1.807) is 12.1 Å². The molecule has 1 heterocycles. The van der Waals surface area contributed by atoms with Gasteiger partial charge in [-0.25, -0.2) is 9.97 Å². The zero-order chi connectivity index (χ0) is 20.6. The minimum atomic E-state index is -4.47. The Morgan fingerprint density at radius 2 is 1.45 bits per heavy atom. The molecule has 0 spiro atoms. The average molecular weight is 398 g/mol. The van der Waals surface area contributed by atoms with E-state index in [1.165, 1.54) is 7.11 Å². The molecule has 1 aliphatic carbocycles. The summed E-state index contributed by atoms with van der Waals surface area (Å²) in [5.74, 6) is -0.261. The van der Waals surface area contributed by atoms with Gasteiger partial charge in [-0.1, -0.05) is 54.6 Å². The number of hydrogen-bond donors (Lipinski definition) is 0. The molecule has 1 saturated carbocycles. The molecule has 0 saturated heterocycles. The number of carbonyl (C=O) groups is 1. The highest BCUT2D eigenvalue weighted by atomic mass is 19.4. The Morgan fingerprint density at radius 3 is 1.97 bits per heavy atom. The molecule has 4 nitrogen and oxygen atoms in total. The maximum absolute atomic E-state index is 12.7. The van der Waals surface area contributed by atoms with E-state index in [-0.39, 0.29) is 29.5 Å². The number of halogens is 3. The maximum atomic E-state index is 12.7. The van der Waals surface area contributed by atoms with Crippen LogP contribution in [0.5, 0.6) is 0 Å².